The average Bonchev–Trinajstić information content (AvgIpc) is 1.66. The molecule has 0 saturated carbocycles. The van der Waals surface area contributed by atoms with Gasteiger partial charge in [-0.05, 0) is 6.42 Å². The van der Waals surface area contributed by atoms with Crippen molar-refractivity contribution >= 4 is 25.3 Å². The Bertz CT molecular complexity index is 48.3. The molecule has 0 heterocycles. The number of unbranched alkanes of at least 4 members (excludes halogenated alkanes) is 2. The van der Waals surface area contributed by atoms with Crippen molar-refractivity contribution in [1.29, 1.82) is 0 Å². The molecule has 0 N–H and O–H groups in total. The molecule has 0 nitrogen and oxygen atoms in total. The first-order valence-electron chi connectivity index (χ1n) is 3.13. The Morgan fingerprint density at radius 2 is 1.78 bits per heavy atom. The summed E-state index contributed by atoms with van der Waals surface area (Å²) in [5.41, 5.74) is 0. The summed E-state index contributed by atoms with van der Waals surface area (Å²) in [5, 5.41) is 0. The van der Waals surface area contributed by atoms with E-state index in [1.54, 1.807) is 0 Å². The maximum Gasteiger partial charge on any atom is 0.0442 e. The first-order chi connectivity index (χ1) is 3.77. The van der Waals surface area contributed by atoms with Gasteiger partial charge in [0.15, 0.2) is 0 Å². The van der Waals surface area contributed by atoms with E-state index in [-0.39, 0.29) is 22.4 Å². The van der Waals surface area contributed by atoms with Crippen LogP contribution >= 0.6 is 25.3 Å². The van der Waals surface area contributed by atoms with E-state index in [1.807, 2.05) is 0 Å². The third kappa shape index (κ3) is 12.6. The molecule has 0 aromatic carbocycles. The zero-order valence-corrected chi connectivity index (χ0v) is 8.87. The Labute approximate surface area is 84.5 Å². The van der Waals surface area contributed by atoms with E-state index in [4.69, 9.17) is 0 Å². The molecule has 0 amide bonds. The average molecular weight is 258 g/mol. The topological polar surface area (TPSA) is 0 Å². The molecule has 0 bridgehead atoms. The van der Waals surface area contributed by atoms with Crippen LogP contribution in [0, 0.1) is 0 Å². The summed E-state index contributed by atoms with van der Waals surface area (Å²) >= 11 is 8.27. The van der Waals surface area contributed by atoms with Crippen molar-refractivity contribution in [3.8, 4) is 0 Å². The largest absolute Gasteiger partial charge is 0.165 e. The maximum absolute atomic E-state index is 4.14. The van der Waals surface area contributed by atoms with E-state index in [0.717, 1.165) is 6.42 Å². The van der Waals surface area contributed by atoms with E-state index in [0.29, 0.717) is 4.58 Å². The molecule has 0 unspecified atom stereocenters. The van der Waals surface area contributed by atoms with Gasteiger partial charge >= 0.3 is 0 Å². The van der Waals surface area contributed by atoms with E-state index in [2.05, 4.69) is 32.2 Å². The van der Waals surface area contributed by atoms with Gasteiger partial charge in [-0.1, -0.05) is 26.2 Å². The van der Waals surface area contributed by atoms with Gasteiger partial charge in [0.05, 0.1) is 0 Å². The molecule has 0 fully saturated rings. The van der Waals surface area contributed by atoms with E-state index in [1.165, 1.54) is 19.3 Å². The monoisotopic (exact) mass is 257 g/mol. The van der Waals surface area contributed by atoms with E-state index in [9.17, 15) is 0 Å². The van der Waals surface area contributed by atoms with Crippen molar-refractivity contribution in [2.24, 2.45) is 0 Å². The van der Waals surface area contributed by atoms with Crippen LogP contribution in [0.4, 0.5) is 0 Å². The van der Waals surface area contributed by atoms with Gasteiger partial charge < -0.3 is 0 Å². The van der Waals surface area contributed by atoms with E-state index >= 15 is 0 Å². The molecule has 0 aliphatic heterocycles. The summed E-state index contributed by atoms with van der Waals surface area (Å²) in [6, 6.07) is 0. The Hall–Kier alpha value is 1.44. The normalized spacial score (nSPS) is 9.33. The van der Waals surface area contributed by atoms with Gasteiger partial charge in [0.25, 0.3) is 0 Å². The SMILES string of the molecule is CCCCCC(S)S.[Ag]. The van der Waals surface area contributed by atoms with Crippen molar-refractivity contribution in [2.75, 3.05) is 0 Å². The van der Waals surface area contributed by atoms with Crippen molar-refractivity contribution in [3.63, 3.8) is 0 Å². The summed E-state index contributed by atoms with van der Waals surface area (Å²) in [7, 11) is 0. The predicted octanol–water partition coefficient (Wildman–Crippen LogP) is 2.75. The van der Waals surface area contributed by atoms with Crippen LogP contribution in [0.2, 0.25) is 0 Å². The Morgan fingerprint density at radius 3 is 2.11 bits per heavy atom. The predicted molar refractivity (Wildman–Crippen MR) is 45.9 cm³/mol. The molecule has 0 atom stereocenters. The van der Waals surface area contributed by atoms with Gasteiger partial charge in [-0.2, -0.15) is 25.3 Å². The minimum absolute atomic E-state index is 0. The Morgan fingerprint density at radius 1 is 1.22 bits per heavy atom. The van der Waals surface area contributed by atoms with Crippen LogP contribution in [-0.2, 0) is 22.4 Å². The minimum atomic E-state index is 0. The zero-order valence-electron chi connectivity index (χ0n) is 5.60. The van der Waals surface area contributed by atoms with Gasteiger partial charge in [0.2, 0.25) is 0 Å². The third-order valence-corrected chi connectivity index (χ3v) is 1.58. The van der Waals surface area contributed by atoms with Crippen molar-refractivity contribution in [2.45, 2.75) is 37.2 Å². The van der Waals surface area contributed by atoms with Gasteiger partial charge in [0, 0.05) is 27.0 Å². The molecule has 0 aliphatic carbocycles. The molecule has 0 spiro atoms. The second-order valence-corrected chi connectivity index (χ2v) is 3.63. The van der Waals surface area contributed by atoms with Crippen LogP contribution in [0.1, 0.15) is 32.6 Å². The van der Waals surface area contributed by atoms with Gasteiger partial charge in [-0.3, -0.25) is 0 Å². The Kier molecular flexibility index (Phi) is 13.7. The number of rotatable bonds is 4. The van der Waals surface area contributed by atoms with Crippen LogP contribution in [0.3, 0.4) is 0 Å². The quantitative estimate of drug-likeness (QED) is 0.329. The van der Waals surface area contributed by atoms with Crippen molar-refractivity contribution in [1.82, 2.24) is 0 Å². The van der Waals surface area contributed by atoms with Gasteiger partial charge in [-0.25, -0.2) is 0 Å². The van der Waals surface area contributed by atoms with Crippen LogP contribution in [0.5, 0.6) is 0 Å². The summed E-state index contributed by atoms with van der Waals surface area (Å²) in [6.07, 6.45) is 5.01. The minimum Gasteiger partial charge on any atom is -0.165 e. The molecule has 0 rings (SSSR count). The van der Waals surface area contributed by atoms with Crippen molar-refractivity contribution in [3.05, 3.63) is 0 Å². The number of hydrogen-bond acceptors (Lipinski definition) is 2. The molecule has 9 heavy (non-hydrogen) atoms. The number of hydrogen-bond donors (Lipinski definition) is 2. The molecule has 1 radical (unpaired) electrons. The molecule has 0 saturated heterocycles. The first-order valence-corrected chi connectivity index (χ1v) is 4.16. The third-order valence-electron chi connectivity index (χ3n) is 1.07. The molecule has 3 heteroatoms. The fraction of sp³-hybridized carbons (Fsp3) is 1.00. The van der Waals surface area contributed by atoms with Crippen LogP contribution in [0.15, 0.2) is 0 Å². The van der Waals surface area contributed by atoms with Crippen LogP contribution in [-0.4, -0.2) is 4.58 Å². The smallest absolute Gasteiger partial charge is 0.0442 e. The summed E-state index contributed by atoms with van der Waals surface area (Å²) in [4.78, 5) is 0. The first kappa shape index (κ1) is 13.1. The second-order valence-electron chi connectivity index (χ2n) is 1.98. The summed E-state index contributed by atoms with van der Waals surface area (Å²) in [6.45, 7) is 2.20. The summed E-state index contributed by atoms with van der Waals surface area (Å²) in [5.74, 6) is 0. The number of thiol groups is 2. The standard InChI is InChI=1S/C6H14S2.Ag/c1-2-3-4-5-6(7)8;/h6-8H,2-5H2,1H3;. The molecule has 0 aliphatic rings. The maximum atomic E-state index is 4.14. The molecular formula is C6H14AgS2. The molecule has 0 aromatic heterocycles. The van der Waals surface area contributed by atoms with Gasteiger partial charge in [0.1, 0.15) is 0 Å². The molecule has 61 valence electrons. The molecular weight excluding hydrogens is 244 g/mol. The second kappa shape index (κ2) is 9.44. The molecule has 0 aromatic rings. The van der Waals surface area contributed by atoms with E-state index < -0.39 is 0 Å². The van der Waals surface area contributed by atoms with Crippen molar-refractivity contribution < 1.29 is 22.4 Å². The fourth-order valence-corrected chi connectivity index (χ4v) is 0.942. The fourth-order valence-electron chi connectivity index (χ4n) is 0.577. The van der Waals surface area contributed by atoms with Crippen LogP contribution < -0.4 is 0 Å². The zero-order chi connectivity index (χ0) is 6.41. The van der Waals surface area contributed by atoms with Gasteiger partial charge in [-0.15, -0.1) is 0 Å². The summed E-state index contributed by atoms with van der Waals surface area (Å²) < 4.78 is 0.293. The Balaban J connectivity index is 0. The van der Waals surface area contributed by atoms with Crippen LogP contribution in [0.25, 0.3) is 0 Å².